The lowest BCUT2D eigenvalue weighted by atomic mass is 9.85. The van der Waals surface area contributed by atoms with Gasteiger partial charge in [0.2, 0.25) is 0 Å². The van der Waals surface area contributed by atoms with Crippen molar-refractivity contribution in [3.63, 3.8) is 0 Å². The molecule has 0 fully saturated rings. The molecule has 10 aromatic rings. The number of furan rings is 1. The number of nitrogens with zero attached hydrogens (tertiary/aromatic N) is 4. The summed E-state index contributed by atoms with van der Waals surface area (Å²) in [6.07, 6.45) is 15.4. The molecule has 0 amide bonds. The van der Waals surface area contributed by atoms with Gasteiger partial charge in [-0.3, -0.25) is 0 Å². The Balaban J connectivity index is 1.09. The molecule has 2 aliphatic carbocycles. The first-order chi connectivity index (χ1) is 34.4. The normalized spacial score (nSPS) is 16.6. The Morgan fingerprint density at radius 2 is 1.18 bits per heavy atom. The summed E-state index contributed by atoms with van der Waals surface area (Å²) >= 11 is 0. The van der Waals surface area contributed by atoms with Gasteiger partial charge in [-0.15, -0.1) is 0 Å². The molecule has 4 heterocycles. The van der Waals surface area contributed by atoms with Gasteiger partial charge in [-0.05, 0) is 119 Å². The lowest BCUT2D eigenvalue weighted by Gasteiger charge is -2.23. The van der Waals surface area contributed by atoms with Crippen LogP contribution in [0.1, 0.15) is 88.4 Å². The molecule has 2 atom stereocenters. The highest BCUT2D eigenvalue weighted by Crippen LogP contribution is 2.46. The predicted octanol–water partition coefficient (Wildman–Crippen LogP) is 16.7. The van der Waals surface area contributed by atoms with E-state index in [1.807, 2.05) is 24.3 Å². The van der Waals surface area contributed by atoms with E-state index in [1.165, 1.54) is 44.1 Å². The highest BCUT2D eigenvalue weighted by atomic mass is 16.5. The average molecular weight is 923 g/mol. The minimum absolute atomic E-state index is 0.0230. The lowest BCUT2D eigenvalue weighted by molar-refractivity contribution is 0.269. The zero-order chi connectivity index (χ0) is 48.2. The zero-order valence-corrected chi connectivity index (χ0v) is 41.0. The standard InChI is InChI=1S/C65H54N4O2/c1-64(2,3)44-27-29-54-50(37-44)51-38-45(65(4,5)6)28-30-55(51)69(54)60-48(39-17-9-7-10-18-39)35-43(36-49(60)40-19-11-8-12-20-40)63-67-61(41-25-31-58-52(33-41)46-21-13-15-23-56(46)70-58)66-62(68-63)42-26-32-59-53(34-42)47-22-14-16-24-57(47)71-59/h7,9-11,13-38,52,58H,8,12H2,1-6H3. The van der Waals surface area contributed by atoms with Crippen molar-refractivity contribution in [2.75, 3.05) is 0 Å². The van der Waals surface area contributed by atoms with Gasteiger partial charge in [-0.2, -0.15) is 0 Å². The summed E-state index contributed by atoms with van der Waals surface area (Å²) in [6.45, 7) is 13.8. The molecule has 0 spiro atoms. The minimum Gasteiger partial charge on any atom is -0.485 e. The van der Waals surface area contributed by atoms with E-state index in [0.717, 1.165) is 79.6 Å². The molecule has 3 aliphatic rings. The van der Waals surface area contributed by atoms with Crippen LogP contribution in [0.2, 0.25) is 0 Å². The number of ether oxygens (including phenoxy) is 1. The van der Waals surface area contributed by atoms with Crippen molar-refractivity contribution < 1.29 is 9.15 Å². The van der Waals surface area contributed by atoms with Gasteiger partial charge < -0.3 is 13.7 Å². The van der Waals surface area contributed by atoms with Crippen molar-refractivity contribution in [1.82, 2.24) is 19.5 Å². The Morgan fingerprint density at radius 3 is 1.92 bits per heavy atom. The Kier molecular flexibility index (Phi) is 9.83. The minimum atomic E-state index is -0.0880. The molecular formula is C65H54N4O2. The summed E-state index contributed by atoms with van der Waals surface area (Å²) in [5.41, 5.74) is 16.1. The quantitative estimate of drug-likeness (QED) is 0.166. The van der Waals surface area contributed by atoms with Crippen LogP contribution in [-0.4, -0.2) is 25.6 Å². The monoisotopic (exact) mass is 922 g/mol. The molecule has 0 saturated heterocycles. The third-order valence-corrected chi connectivity index (χ3v) is 14.7. The van der Waals surface area contributed by atoms with Crippen LogP contribution in [0.5, 0.6) is 5.75 Å². The first-order valence-electron chi connectivity index (χ1n) is 25.0. The van der Waals surface area contributed by atoms with Crippen LogP contribution in [0.4, 0.5) is 0 Å². The molecule has 7 aromatic carbocycles. The Bertz CT molecular complexity index is 3870. The van der Waals surface area contributed by atoms with Crippen molar-refractivity contribution in [3.05, 3.63) is 210 Å². The number of rotatable bonds is 6. The molecule has 0 N–H and O–H groups in total. The molecule has 346 valence electrons. The number of para-hydroxylation sites is 2. The van der Waals surface area contributed by atoms with E-state index < -0.39 is 0 Å². The van der Waals surface area contributed by atoms with Crippen molar-refractivity contribution in [2.45, 2.75) is 77.2 Å². The van der Waals surface area contributed by atoms with Crippen LogP contribution in [0.25, 0.3) is 94.5 Å². The van der Waals surface area contributed by atoms with Crippen molar-refractivity contribution in [2.24, 2.45) is 0 Å². The zero-order valence-electron chi connectivity index (χ0n) is 41.0. The predicted molar refractivity (Wildman–Crippen MR) is 292 cm³/mol. The van der Waals surface area contributed by atoms with Gasteiger partial charge in [0.25, 0.3) is 0 Å². The maximum Gasteiger partial charge on any atom is 0.164 e. The molecular weight excluding hydrogens is 869 g/mol. The van der Waals surface area contributed by atoms with E-state index in [0.29, 0.717) is 17.5 Å². The number of benzene rings is 7. The number of aromatic nitrogens is 4. The second-order valence-electron chi connectivity index (χ2n) is 21.5. The fraction of sp³-hybridized carbons (Fsp3) is 0.185. The molecule has 1 aliphatic heterocycles. The molecule has 6 nitrogen and oxygen atoms in total. The molecule has 0 saturated carbocycles. The Hall–Kier alpha value is -8.09. The molecule has 0 radical (unpaired) electrons. The van der Waals surface area contributed by atoms with Crippen molar-refractivity contribution >= 4 is 54.9 Å². The lowest BCUT2D eigenvalue weighted by Crippen LogP contribution is -2.17. The third kappa shape index (κ3) is 7.35. The fourth-order valence-corrected chi connectivity index (χ4v) is 10.9. The molecule has 13 rings (SSSR count). The third-order valence-electron chi connectivity index (χ3n) is 14.7. The van der Waals surface area contributed by atoms with Gasteiger partial charge in [0, 0.05) is 60.9 Å². The highest BCUT2D eigenvalue weighted by molar-refractivity contribution is 6.11. The number of hydrogen-bond acceptors (Lipinski definition) is 5. The van der Waals surface area contributed by atoms with Gasteiger partial charge in [-0.25, -0.2) is 15.0 Å². The van der Waals surface area contributed by atoms with Crippen LogP contribution in [0, 0.1) is 0 Å². The smallest absolute Gasteiger partial charge is 0.164 e. The summed E-state index contributed by atoms with van der Waals surface area (Å²) in [6, 6.07) is 52.4. The average Bonchev–Trinajstić information content (AvgIpc) is 4.06. The summed E-state index contributed by atoms with van der Waals surface area (Å²) in [5, 5.41) is 4.58. The van der Waals surface area contributed by atoms with E-state index in [1.54, 1.807) is 0 Å². The van der Waals surface area contributed by atoms with Gasteiger partial charge >= 0.3 is 0 Å². The summed E-state index contributed by atoms with van der Waals surface area (Å²) in [7, 11) is 0. The summed E-state index contributed by atoms with van der Waals surface area (Å²) < 4.78 is 15.2. The van der Waals surface area contributed by atoms with E-state index in [-0.39, 0.29) is 22.9 Å². The largest absolute Gasteiger partial charge is 0.485 e. The Morgan fingerprint density at radius 1 is 0.521 bits per heavy atom. The summed E-state index contributed by atoms with van der Waals surface area (Å²) in [5.74, 6) is 2.75. The molecule has 6 heteroatoms. The number of allylic oxidation sites excluding steroid dienone is 6. The van der Waals surface area contributed by atoms with Crippen LogP contribution in [0.3, 0.4) is 0 Å². The van der Waals surface area contributed by atoms with Gasteiger partial charge in [0.05, 0.1) is 16.7 Å². The van der Waals surface area contributed by atoms with E-state index in [4.69, 9.17) is 24.1 Å². The number of fused-ring (bicyclic) bond motifs is 9. The second-order valence-corrected chi connectivity index (χ2v) is 21.5. The van der Waals surface area contributed by atoms with Gasteiger partial charge in [0.1, 0.15) is 23.0 Å². The van der Waals surface area contributed by atoms with Crippen LogP contribution in [-0.2, 0) is 10.8 Å². The van der Waals surface area contributed by atoms with Crippen LogP contribution in [0.15, 0.2) is 186 Å². The highest BCUT2D eigenvalue weighted by Gasteiger charge is 2.34. The maximum atomic E-state index is 6.41. The second kappa shape index (κ2) is 16.2. The van der Waals surface area contributed by atoms with E-state index in [2.05, 4.69) is 204 Å². The molecule has 71 heavy (non-hydrogen) atoms. The molecule has 2 unspecified atom stereocenters. The van der Waals surface area contributed by atoms with Crippen molar-refractivity contribution in [1.29, 1.82) is 0 Å². The molecule has 3 aromatic heterocycles. The van der Waals surface area contributed by atoms with Crippen LogP contribution < -0.4 is 4.74 Å². The maximum absolute atomic E-state index is 6.41. The van der Waals surface area contributed by atoms with Crippen molar-refractivity contribution in [3.8, 4) is 45.3 Å². The van der Waals surface area contributed by atoms with Gasteiger partial charge in [-0.1, -0.05) is 151 Å². The first-order valence-corrected chi connectivity index (χ1v) is 25.0. The molecule has 0 bridgehead atoms. The topological polar surface area (TPSA) is 66.0 Å². The fourth-order valence-electron chi connectivity index (χ4n) is 10.9. The van der Waals surface area contributed by atoms with E-state index in [9.17, 15) is 0 Å². The summed E-state index contributed by atoms with van der Waals surface area (Å²) in [4.78, 5) is 16.2. The first kappa shape index (κ1) is 43.0. The van der Waals surface area contributed by atoms with Crippen LogP contribution >= 0.6 is 0 Å². The Labute approximate surface area is 414 Å². The number of hydrogen-bond donors (Lipinski definition) is 0. The SMILES string of the molecule is CC(C)(C)c1ccc2c(c1)c1cc(C(C)(C)C)ccc1n2-c1c(C2=CCCC=C2)cc(-c2nc(C3=CC4c5ccccc5OC4C=C3)nc(-c3ccc4oc5ccccc5c4c3)n2)cc1-c1ccccc1. The van der Waals surface area contributed by atoms with Gasteiger partial charge in [0.15, 0.2) is 17.5 Å². The van der Waals surface area contributed by atoms with E-state index >= 15 is 0 Å².